The van der Waals surface area contributed by atoms with Crippen LogP contribution in [0.5, 0.6) is 0 Å². The van der Waals surface area contributed by atoms with Crippen molar-refractivity contribution in [2.24, 2.45) is 5.92 Å². The highest BCUT2D eigenvalue weighted by Gasteiger charge is 2.23. The molecule has 5 nitrogen and oxygen atoms in total. The third-order valence-corrected chi connectivity index (χ3v) is 3.97. The molecule has 0 saturated carbocycles. The summed E-state index contributed by atoms with van der Waals surface area (Å²) >= 11 is 0. The molecule has 1 atom stereocenters. The number of carbonyl (C=O) groups is 1. The maximum absolute atomic E-state index is 12.0. The van der Waals surface area contributed by atoms with Gasteiger partial charge < -0.3 is 10.2 Å². The normalized spacial score (nSPS) is 17.5. The van der Waals surface area contributed by atoms with Crippen molar-refractivity contribution in [3.63, 3.8) is 0 Å². The average molecular weight is 296 g/mol. The van der Waals surface area contributed by atoms with Gasteiger partial charge in [-0.15, -0.1) is 0 Å². The van der Waals surface area contributed by atoms with Crippen LogP contribution >= 0.6 is 0 Å². The van der Waals surface area contributed by atoms with Gasteiger partial charge in [-0.25, -0.2) is 4.98 Å². The minimum atomic E-state index is -0.148. The SMILES string of the molecule is Cc1cnc(C(=O)NC[C@H]2CCN(c3ccccc3)C2)cn1. The molecule has 1 aliphatic heterocycles. The third kappa shape index (κ3) is 3.42. The number of rotatable bonds is 4. The van der Waals surface area contributed by atoms with Crippen LogP contribution in [0.1, 0.15) is 22.6 Å². The van der Waals surface area contributed by atoms with E-state index in [1.807, 2.05) is 13.0 Å². The standard InChI is InChI=1S/C17H20N4O/c1-13-9-19-16(11-18-13)17(22)20-10-14-7-8-21(12-14)15-5-3-2-4-6-15/h2-6,9,11,14H,7-8,10,12H2,1H3,(H,20,22)/t14-/m1/s1. The van der Waals surface area contributed by atoms with Gasteiger partial charge in [-0.1, -0.05) is 18.2 Å². The second-order valence-electron chi connectivity index (χ2n) is 5.69. The van der Waals surface area contributed by atoms with Crippen molar-refractivity contribution in [2.45, 2.75) is 13.3 Å². The lowest BCUT2D eigenvalue weighted by Gasteiger charge is -2.18. The summed E-state index contributed by atoms with van der Waals surface area (Å²) in [5.41, 5.74) is 2.44. The van der Waals surface area contributed by atoms with Crippen molar-refractivity contribution in [1.82, 2.24) is 15.3 Å². The van der Waals surface area contributed by atoms with Crippen molar-refractivity contribution in [3.05, 3.63) is 54.1 Å². The van der Waals surface area contributed by atoms with Crippen LogP contribution in [0.25, 0.3) is 0 Å². The zero-order chi connectivity index (χ0) is 15.4. The first-order valence-electron chi connectivity index (χ1n) is 7.59. The average Bonchev–Trinajstić information content (AvgIpc) is 3.03. The molecule has 1 saturated heterocycles. The van der Waals surface area contributed by atoms with Crippen LogP contribution in [-0.2, 0) is 0 Å². The molecular formula is C17H20N4O. The first-order chi connectivity index (χ1) is 10.7. The number of nitrogens with one attached hydrogen (secondary N) is 1. The fourth-order valence-corrected chi connectivity index (χ4v) is 2.71. The predicted octanol–water partition coefficient (Wildman–Crippen LogP) is 2.04. The highest BCUT2D eigenvalue weighted by atomic mass is 16.1. The number of hydrogen-bond donors (Lipinski definition) is 1. The van der Waals surface area contributed by atoms with Crippen LogP contribution in [0.15, 0.2) is 42.7 Å². The maximum atomic E-state index is 12.0. The van der Waals surface area contributed by atoms with Crippen molar-refractivity contribution in [2.75, 3.05) is 24.5 Å². The van der Waals surface area contributed by atoms with E-state index in [4.69, 9.17) is 0 Å². The first kappa shape index (κ1) is 14.5. The van der Waals surface area contributed by atoms with Crippen LogP contribution in [0.4, 0.5) is 5.69 Å². The van der Waals surface area contributed by atoms with E-state index in [-0.39, 0.29) is 5.91 Å². The Morgan fingerprint density at radius 1 is 1.27 bits per heavy atom. The number of nitrogens with zero attached hydrogens (tertiary/aromatic N) is 3. The summed E-state index contributed by atoms with van der Waals surface area (Å²) in [4.78, 5) is 22.6. The maximum Gasteiger partial charge on any atom is 0.271 e. The van der Waals surface area contributed by atoms with Crippen molar-refractivity contribution >= 4 is 11.6 Å². The van der Waals surface area contributed by atoms with Gasteiger partial charge in [-0.05, 0) is 31.4 Å². The molecule has 0 spiro atoms. The summed E-state index contributed by atoms with van der Waals surface area (Å²) in [5, 5.41) is 2.96. The van der Waals surface area contributed by atoms with Gasteiger partial charge in [0.05, 0.1) is 11.9 Å². The molecule has 5 heteroatoms. The van der Waals surface area contributed by atoms with Gasteiger partial charge in [-0.2, -0.15) is 0 Å². The molecule has 0 bridgehead atoms. The van der Waals surface area contributed by atoms with E-state index in [0.717, 1.165) is 25.2 Å². The Labute approximate surface area is 130 Å². The van der Waals surface area contributed by atoms with E-state index in [9.17, 15) is 4.79 Å². The van der Waals surface area contributed by atoms with Gasteiger partial charge in [0.15, 0.2) is 0 Å². The lowest BCUT2D eigenvalue weighted by Crippen LogP contribution is -2.31. The molecule has 2 aromatic rings. The van der Waals surface area contributed by atoms with Crippen LogP contribution in [0.2, 0.25) is 0 Å². The smallest absolute Gasteiger partial charge is 0.271 e. The lowest BCUT2D eigenvalue weighted by molar-refractivity contribution is 0.0943. The number of aromatic nitrogens is 2. The fourth-order valence-electron chi connectivity index (χ4n) is 2.71. The molecule has 1 N–H and O–H groups in total. The summed E-state index contributed by atoms with van der Waals surface area (Å²) in [7, 11) is 0. The highest BCUT2D eigenvalue weighted by molar-refractivity contribution is 5.91. The van der Waals surface area contributed by atoms with Crippen LogP contribution in [0, 0.1) is 12.8 Å². The number of aryl methyl sites for hydroxylation is 1. The van der Waals surface area contributed by atoms with Gasteiger partial charge in [-0.3, -0.25) is 9.78 Å². The van der Waals surface area contributed by atoms with Crippen LogP contribution < -0.4 is 10.2 Å². The molecule has 1 aromatic carbocycles. The molecule has 2 heterocycles. The monoisotopic (exact) mass is 296 g/mol. The number of para-hydroxylation sites is 1. The molecule has 0 radical (unpaired) electrons. The zero-order valence-corrected chi connectivity index (χ0v) is 12.7. The molecule has 1 aromatic heterocycles. The number of hydrogen-bond acceptors (Lipinski definition) is 4. The van der Waals surface area contributed by atoms with Gasteiger partial charge in [0.25, 0.3) is 5.91 Å². The minimum absolute atomic E-state index is 0.148. The molecule has 22 heavy (non-hydrogen) atoms. The predicted molar refractivity (Wildman–Crippen MR) is 85.9 cm³/mol. The van der Waals surface area contributed by atoms with E-state index in [1.54, 1.807) is 6.20 Å². The molecular weight excluding hydrogens is 276 g/mol. The Bertz CT molecular complexity index is 627. The second-order valence-corrected chi connectivity index (χ2v) is 5.69. The summed E-state index contributed by atoms with van der Waals surface area (Å²) < 4.78 is 0. The Hall–Kier alpha value is -2.43. The van der Waals surface area contributed by atoms with E-state index < -0.39 is 0 Å². The van der Waals surface area contributed by atoms with E-state index in [2.05, 4.69) is 44.5 Å². The van der Waals surface area contributed by atoms with Gasteiger partial charge in [0, 0.05) is 31.5 Å². The molecule has 3 rings (SSSR count). The third-order valence-electron chi connectivity index (χ3n) is 3.97. The van der Waals surface area contributed by atoms with Crippen molar-refractivity contribution in [3.8, 4) is 0 Å². The quantitative estimate of drug-likeness (QED) is 0.938. The van der Waals surface area contributed by atoms with Crippen molar-refractivity contribution < 1.29 is 4.79 Å². The molecule has 1 amide bonds. The number of anilines is 1. The summed E-state index contributed by atoms with van der Waals surface area (Å²) in [5.74, 6) is 0.327. The zero-order valence-electron chi connectivity index (χ0n) is 12.7. The van der Waals surface area contributed by atoms with E-state index in [0.29, 0.717) is 18.2 Å². The number of benzene rings is 1. The topological polar surface area (TPSA) is 58.1 Å². The Morgan fingerprint density at radius 2 is 2.09 bits per heavy atom. The van der Waals surface area contributed by atoms with Gasteiger partial charge in [0.2, 0.25) is 0 Å². The summed E-state index contributed by atoms with van der Waals surface area (Å²) in [6.07, 6.45) is 4.23. The fraction of sp³-hybridized carbons (Fsp3) is 0.353. The Balaban J connectivity index is 1.50. The summed E-state index contributed by atoms with van der Waals surface area (Å²) in [6.45, 7) is 4.54. The van der Waals surface area contributed by atoms with Gasteiger partial charge >= 0.3 is 0 Å². The van der Waals surface area contributed by atoms with Gasteiger partial charge in [0.1, 0.15) is 5.69 Å². The summed E-state index contributed by atoms with van der Waals surface area (Å²) in [6, 6.07) is 10.4. The highest BCUT2D eigenvalue weighted by Crippen LogP contribution is 2.22. The molecule has 0 unspecified atom stereocenters. The lowest BCUT2D eigenvalue weighted by atomic mass is 10.1. The first-order valence-corrected chi connectivity index (χ1v) is 7.59. The molecule has 114 valence electrons. The molecule has 1 fully saturated rings. The Morgan fingerprint density at radius 3 is 2.82 bits per heavy atom. The van der Waals surface area contributed by atoms with E-state index >= 15 is 0 Å². The van der Waals surface area contributed by atoms with Crippen molar-refractivity contribution in [1.29, 1.82) is 0 Å². The van der Waals surface area contributed by atoms with E-state index in [1.165, 1.54) is 11.9 Å². The number of amides is 1. The largest absolute Gasteiger partial charge is 0.371 e. The van der Waals surface area contributed by atoms with Crippen LogP contribution in [-0.4, -0.2) is 35.5 Å². The van der Waals surface area contributed by atoms with Crippen LogP contribution in [0.3, 0.4) is 0 Å². The molecule has 0 aliphatic carbocycles. The Kier molecular flexibility index (Phi) is 4.32. The minimum Gasteiger partial charge on any atom is -0.371 e. The second kappa shape index (κ2) is 6.56. The molecule has 1 aliphatic rings. The number of carbonyl (C=O) groups excluding carboxylic acids is 1.